The lowest BCUT2D eigenvalue weighted by Crippen LogP contribution is -2.00. The highest BCUT2D eigenvalue weighted by molar-refractivity contribution is 9.10. The Balaban J connectivity index is 0.00000144. The Hall–Kier alpha value is -0.100. The van der Waals surface area contributed by atoms with E-state index in [0.29, 0.717) is 5.56 Å². The number of rotatable bonds is 1. The molecule has 0 aliphatic heterocycles. The Morgan fingerprint density at radius 1 is 1.38 bits per heavy atom. The van der Waals surface area contributed by atoms with Crippen molar-refractivity contribution in [2.75, 3.05) is 0 Å². The minimum atomic E-state index is -4.07. The molecule has 0 bridgehead atoms. The lowest BCUT2D eigenvalue weighted by molar-refractivity contribution is 0.482. The predicted octanol–water partition coefficient (Wildman–Crippen LogP) is 2.43. The second kappa shape index (κ2) is 4.41. The number of benzene rings is 1. The Labute approximate surface area is 91.4 Å². The minimum Gasteiger partial charge on any atom is -0.282 e. The van der Waals surface area contributed by atoms with Gasteiger partial charge in [0.1, 0.15) is 0 Å². The van der Waals surface area contributed by atoms with E-state index in [1.54, 1.807) is 19.1 Å². The Kier molecular flexibility index (Phi) is 4.38. The molecule has 0 radical (unpaired) electrons. The second-order valence-corrected chi connectivity index (χ2v) is 4.69. The maximum Gasteiger partial charge on any atom is 0.294 e. The molecule has 1 aromatic rings. The zero-order valence-corrected chi connectivity index (χ0v) is 9.91. The standard InChI is InChI=1S/C7H7BrO3S.ClH/c1-5-4-6(8)2-3-7(5)12(9,10)11;/h2-4H,1H3,(H,9,10,11);1H. The van der Waals surface area contributed by atoms with Crippen molar-refractivity contribution in [1.82, 2.24) is 0 Å². The van der Waals surface area contributed by atoms with Gasteiger partial charge >= 0.3 is 0 Å². The van der Waals surface area contributed by atoms with Crippen LogP contribution in [0.25, 0.3) is 0 Å². The fourth-order valence-corrected chi connectivity index (χ4v) is 2.08. The summed E-state index contributed by atoms with van der Waals surface area (Å²) in [7, 11) is -4.07. The third-order valence-corrected chi connectivity index (χ3v) is 2.92. The molecule has 0 aromatic heterocycles. The average Bonchev–Trinajstić information content (AvgIpc) is 1.83. The molecule has 1 N–H and O–H groups in total. The van der Waals surface area contributed by atoms with Crippen molar-refractivity contribution in [3.63, 3.8) is 0 Å². The van der Waals surface area contributed by atoms with Crippen molar-refractivity contribution >= 4 is 38.5 Å². The molecule has 74 valence electrons. The van der Waals surface area contributed by atoms with Crippen LogP contribution < -0.4 is 0 Å². The molecule has 0 amide bonds. The molecule has 13 heavy (non-hydrogen) atoms. The van der Waals surface area contributed by atoms with Crippen molar-refractivity contribution in [2.24, 2.45) is 0 Å². The van der Waals surface area contributed by atoms with Crippen LogP contribution >= 0.6 is 28.3 Å². The van der Waals surface area contributed by atoms with E-state index in [0.717, 1.165) is 4.47 Å². The van der Waals surface area contributed by atoms with Gasteiger partial charge in [-0.2, -0.15) is 8.42 Å². The van der Waals surface area contributed by atoms with Crippen molar-refractivity contribution in [3.8, 4) is 0 Å². The Morgan fingerprint density at radius 2 is 1.92 bits per heavy atom. The zero-order chi connectivity index (χ0) is 9.35. The Bertz CT molecular complexity index is 402. The van der Waals surface area contributed by atoms with Gasteiger partial charge in [0, 0.05) is 4.47 Å². The summed E-state index contributed by atoms with van der Waals surface area (Å²) in [4.78, 5) is -0.0503. The first kappa shape index (κ1) is 12.9. The van der Waals surface area contributed by atoms with E-state index in [9.17, 15) is 8.42 Å². The fourth-order valence-electron chi connectivity index (χ4n) is 0.902. The van der Waals surface area contributed by atoms with Crippen LogP contribution in [0.15, 0.2) is 27.6 Å². The largest absolute Gasteiger partial charge is 0.294 e. The molecule has 0 atom stereocenters. The van der Waals surface area contributed by atoms with E-state index in [1.165, 1.54) is 6.07 Å². The van der Waals surface area contributed by atoms with Crippen molar-refractivity contribution in [2.45, 2.75) is 11.8 Å². The number of hydrogen-bond acceptors (Lipinski definition) is 2. The van der Waals surface area contributed by atoms with E-state index in [-0.39, 0.29) is 17.3 Å². The van der Waals surface area contributed by atoms with Crippen LogP contribution in [0.5, 0.6) is 0 Å². The molecular weight excluding hydrogens is 279 g/mol. The van der Waals surface area contributed by atoms with Crippen LogP contribution in [-0.4, -0.2) is 13.0 Å². The van der Waals surface area contributed by atoms with Crippen LogP contribution in [0.1, 0.15) is 5.56 Å². The second-order valence-electron chi connectivity index (χ2n) is 2.38. The van der Waals surface area contributed by atoms with E-state index in [4.69, 9.17) is 4.55 Å². The number of halogens is 2. The van der Waals surface area contributed by atoms with Crippen molar-refractivity contribution in [1.29, 1.82) is 0 Å². The highest BCUT2D eigenvalue weighted by atomic mass is 79.9. The smallest absolute Gasteiger partial charge is 0.282 e. The Morgan fingerprint density at radius 3 is 2.31 bits per heavy atom. The summed E-state index contributed by atoms with van der Waals surface area (Å²) in [5.41, 5.74) is 0.520. The maximum atomic E-state index is 10.7. The lowest BCUT2D eigenvalue weighted by Gasteiger charge is -2.01. The van der Waals surface area contributed by atoms with Gasteiger partial charge in [-0.3, -0.25) is 4.55 Å². The zero-order valence-electron chi connectivity index (χ0n) is 6.69. The number of hydrogen-bond donors (Lipinski definition) is 1. The van der Waals surface area contributed by atoms with Gasteiger partial charge in [0.25, 0.3) is 10.1 Å². The predicted molar refractivity (Wildman–Crippen MR) is 55.9 cm³/mol. The van der Waals surface area contributed by atoms with Gasteiger partial charge in [0.2, 0.25) is 0 Å². The summed E-state index contributed by atoms with van der Waals surface area (Å²) in [5, 5.41) is 0. The summed E-state index contributed by atoms with van der Waals surface area (Å²) < 4.78 is 30.9. The van der Waals surface area contributed by atoms with E-state index in [2.05, 4.69) is 15.9 Å². The molecule has 0 fully saturated rings. The van der Waals surface area contributed by atoms with Gasteiger partial charge in [-0.05, 0) is 30.7 Å². The molecule has 0 spiro atoms. The van der Waals surface area contributed by atoms with E-state index < -0.39 is 10.1 Å². The number of aryl methyl sites for hydroxylation is 1. The van der Waals surface area contributed by atoms with E-state index >= 15 is 0 Å². The first-order valence-corrected chi connectivity index (χ1v) is 5.38. The first-order chi connectivity index (χ1) is 5.41. The normalized spacial score (nSPS) is 10.7. The minimum absolute atomic E-state index is 0. The monoisotopic (exact) mass is 286 g/mol. The average molecular weight is 288 g/mol. The van der Waals surface area contributed by atoms with Crippen molar-refractivity contribution in [3.05, 3.63) is 28.2 Å². The molecule has 1 aromatic carbocycles. The summed E-state index contributed by atoms with van der Waals surface area (Å²) >= 11 is 3.19. The van der Waals surface area contributed by atoms with Crippen LogP contribution in [0.2, 0.25) is 0 Å². The van der Waals surface area contributed by atoms with E-state index in [1.807, 2.05) is 0 Å². The van der Waals surface area contributed by atoms with Crippen LogP contribution in [0.3, 0.4) is 0 Å². The molecule has 0 saturated carbocycles. The summed E-state index contributed by atoms with van der Waals surface area (Å²) in [6, 6.07) is 4.55. The van der Waals surface area contributed by atoms with Crippen LogP contribution in [0.4, 0.5) is 0 Å². The topological polar surface area (TPSA) is 54.4 Å². The molecule has 0 unspecified atom stereocenters. The van der Waals surface area contributed by atoms with Crippen LogP contribution in [-0.2, 0) is 10.1 Å². The van der Waals surface area contributed by atoms with Gasteiger partial charge in [-0.1, -0.05) is 15.9 Å². The molecule has 0 aliphatic carbocycles. The summed E-state index contributed by atoms with van der Waals surface area (Å²) in [5.74, 6) is 0. The molecular formula is C7H8BrClO3S. The van der Waals surface area contributed by atoms with Gasteiger partial charge in [0.05, 0.1) is 4.90 Å². The first-order valence-electron chi connectivity index (χ1n) is 3.15. The highest BCUT2D eigenvalue weighted by Crippen LogP contribution is 2.19. The SMILES string of the molecule is Cc1cc(Br)ccc1S(=O)(=O)O.Cl. The fraction of sp³-hybridized carbons (Fsp3) is 0.143. The van der Waals surface area contributed by atoms with Gasteiger partial charge in [0.15, 0.2) is 0 Å². The molecule has 0 aliphatic rings. The third kappa shape index (κ3) is 3.27. The van der Waals surface area contributed by atoms with Crippen LogP contribution in [0, 0.1) is 6.92 Å². The van der Waals surface area contributed by atoms with Crippen molar-refractivity contribution < 1.29 is 13.0 Å². The molecule has 1 rings (SSSR count). The summed E-state index contributed by atoms with van der Waals surface area (Å²) in [6.45, 7) is 1.62. The van der Waals surface area contributed by atoms with Gasteiger partial charge in [-0.15, -0.1) is 12.4 Å². The quantitative estimate of drug-likeness (QED) is 0.807. The summed E-state index contributed by atoms with van der Waals surface area (Å²) in [6.07, 6.45) is 0. The maximum absolute atomic E-state index is 10.7. The third-order valence-electron chi connectivity index (χ3n) is 1.41. The van der Waals surface area contributed by atoms with Gasteiger partial charge < -0.3 is 0 Å². The highest BCUT2D eigenvalue weighted by Gasteiger charge is 2.11. The lowest BCUT2D eigenvalue weighted by atomic mass is 10.2. The molecule has 6 heteroatoms. The molecule has 0 heterocycles. The molecule has 0 saturated heterocycles. The van der Waals surface area contributed by atoms with Gasteiger partial charge in [-0.25, -0.2) is 0 Å². The molecule has 3 nitrogen and oxygen atoms in total.